The molecule has 10 atom stereocenters. The Morgan fingerprint density at radius 2 is 1.39 bits per heavy atom. The van der Waals surface area contributed by atoms with Gasteiger partial charge in [-0.05, 0) is 37.8 Å². The topological polar surface area (TPSA) is 269 Å². The number of benzene rings is 1. The van der Waals surface area contributed by atoms with Crippen molar-refractivity contribution in [3.05, 3.63) is 96.5 Å². The van der Waals surface area contributed by atoms with Crippen LogP contribution in [0.5, 0.6) is 5.75 Å². The number of carbonyl (C=O) groups is 1. The maximum absolute atomic E-state index is 13.7. The fraction of sp³-hybridized carbons (Fsp3) is 0.571. The maximum Gasteiger partial charge on any atom is 0.380 e. The molecule has 0 bridgehead atoms. The van der Waals surface area contributed by atoms with Gasteiger partial charge in [0.05, 0.1) is 32.4 Å². The van der Waals surface area contributed by atoms with Crippen LogP contribution in [0, 0.1) is 5.92 Å². The number of aromatic nitrogens is 4. The summed E-state index contributed by atoms with van der Waals surface area (Å²) in [4.78, 5) is 63.3. The molecule has 21 heteroatoms. The van der Waals surface area contributed by atoms with Gasteiger partial charge in [0.15, 0.2) is 12.5 Å². The number of carbonyl (C=O) groups excluding carboxylic acids is 1. The Bertz CT molecular complexity index is 2110. The number of rotatable bonds is 11. The van der Waals surface area contributed by atoms with Gasteiger partial charge in [0.25, 0.3) is 11.1 Å². The number of nitrogens with zero attached hydrogens (tertiary/aromatic N) is 2. The highest BCUT2D eigenvalue weighted by Gasteiger charge is 2.61. The number of nitrogens with one attached hydrogen (secondary N) is 2. The largest absolute Gasteiger partial charge is 0.469 e. The van der Waals surface area contributed by atoms with Crippen LogP contribution in [0.25, 0.3) is 0 Å². The first-order valence-electron chi connectivity index (χ1n) is 18.0. The van der Waals surface area contributed by atoms with Gasteiger partial charge in [-0.1, -0.05) is 25.1 Å². The Balaban J connectivity index is 0.000000223. The first kappa shape index (κ1) is 41.4. The van der Waals surface area contributed by atoms with E-state index in [1.807, 2.05) is 0 Å². The van der Waals surface area contributed by atoms with Crippen LogP contribution in [0.2, 0.25) is 0 Å². The van der Waals surface area contributed by atoms with Crippen molar-refractivity contribution in [3.8, 4) is 5.75 Å². The number of aromatic amines is 2. The summed E-state index contributed by atoms with van der Waals surface area (Å²) in [6, 6.07) is 10.7. The van der Waals surface area contributed by atoms with E-state index in [0.717, 1.165) is 11.0 Å². The molecule has 5 N–H and O–H groups in total. The van der Waals surface area contributed by atoms with Crippen molar-refractivity contribution in [1.82, 2.24) is 19.1 Å². The number of esters is 1. The van der Waals surface area contributed by atoms with Gasteiger partial charge in [-0.2, -0.15) is 0 Å². The number of para-hydroxylation sites is 1. The molecule has 5 unspecified atom stereocenters. The molecule has 56 heavy (non-hydrogen) atoms. The smallest absolute Gasteiger partial charge is 0.380 e. The minimum Gasteiger partial charge on any atom is -0.469 e. The number of hydrogen-bond acceptors (Lipinski definition) is 16. The fourth-order valence-corrected chi connectivity index (χ4v) is 9.38. The summed E-state index contributed by atoms with van der Waals surface area (Å²) in [7, 11) is -2.72. The van der Waals surface area contributed by atoms with Crippen molar-refractivity contribution in [1.29, 1.82) is 0 Å². The molecule has 0 saturated carbocycles. The molecule has 306 valence electrons. The Morgan fingerprint density at radius 1 is 0.875 bits per heavy atom. The molecule has 2 spiro atoms. The Hall–Kier alpha value is -4.24. The molecule has 1 aromatic carbocycles. The predicted molar refractivity (Wildman–Crippen MR) is 192 cm³/mol. The van der Waals surface area contributed by atoms with Gasteiger partial charge in [-0.3, -0.25) is 38.0 Å². The summed E-state index contributed by atoms with van der Waals surface area (Å²) in [5.41, 5.74) is -4.77. The number of methoxy groups -OCH3 is 1. The van der Waals surface area contributed by atoms with Gasteiger partial charge in [-0.15, -0.1) is 0 Å². The standard InChI is InChI=1S/C23H29N2O10P.C12H16N2O6/c1-15(20(28)31-2)14-36(30,35-16-7-4-3-5-8-16)33-13-17-19(27)23(10-6-12-32-23)21(34-17)25-11-9-18(26)24-22(25)29;15-6-7-9(17)12(3-1-5-19-12)10(20-7)14-4-2-8(16)13-11(14)18/h3-5,7-9,11,15,17,19,21,27H,6,10,12-14H2,1-2H3,(H,24,26,29);2,4,7,9-10,15,17H,1,3,5-6H2,(H,13,16,18)/t15-,17?,19-,21?,23+,36?;7?,9-,10?,12+/m11/s1. The second kappa shape index (κ2) is 17.1. The molecule has 2 aromatic heterocycles. The lowest BCUT2D eigenvalue weighted by molar-refractivity contribution is -0.144. The second-order valence-corrected chi connectivity index (χ2v) is 15.9. The highest BCUT2D eigenvalue weighted by atomic mass is 31.2. The van der Waals surface area contributed by atoms with E-state index in [9.17, 15) is 43.9 Å². The zero-order valence-corrected chi connectivity index (χ0v) is 31.5. The van der Waals surface area contributed by atoms with Gasteiger partial charge < -0.3 is 43.5 Å². The first-order valence-corrected chi connectivity index (χ1v) is 19.7. The molecule has 7 rings (SSSR count). The first-order chi connectivity index (χ1) is 26.8. The van der Waals surface area contributed by atoms with Crippen LogP contribution in [0.4, 0.5) is 0 Å². The quantitative estimate of drug-likeness (QED) is 0.124. The van der Waals surface area contributed by atoms with Crippen molar-refractivity contribution in [2.45, 2.75) is 80.7 Å². The van der Waals surface area contributed by atoms with E-state index < -0.39 is 90.1 Å². The predicted octanol–water partition coefficient (Wildman–Crippen LogP) is -0.222. The minimum atomic E-state index is -3.94. The van der Waals surface area contributed by atoms with E-state index in [2.05, 4.69) is 9.97 Å². The molecule has 4 aliphatic rings. The lowest BCUT2D eigenvalue weighted by Crippen LogP contribution is -2.48. The zero-order valence-electron chi connectivity index (χ0n) is 30.6. The van der Waals surface area contributed by atoms with E-state index >= 15 is 0 Å². The molecule has 6 heterocycles. The molecule has 4 fully saturated rings. The van der Waals surface area contributed by atoms with Crippen LogP contribution in [0.1, 0.15) is 45.1 Å². The van der Waals surface area contributed by atoms with Crippen LogP contribution >= 0.6 is 7.60 Å². The number of aliphatic hydroxyl groups is 3. The van der Waals surface area contributed by atoms with E-state index in [1.165, 1.54) is 43.1 Å². The Kier molecular flexibility index (Phi) is 12.6. The van der Waals surface area contributed by atoms with Crippen LogP contribution in [-0.2, 0) is 37.6 Å². The number of ether oxygens (including phenoxy) is 5. The molecule has 4 aliphatic heterocycles. The number of H-pyrrole nitrogens is 2. The van der Waals surface area contributed by atoms with Crippen LogP contribution in [0.3, 0.4) is 0 Å². The van der Waals surface area contributed by atoms with E-state index in [0.29, 0.717) is 32.5 Å². The summed E-state index contributed by atoms with van der Waals surface area (Å²) in [6.07, 6.45) is -1.52. The molecule has 3 aromatic rings. The molecule has 0 radical (unpaired) electrons. The lowest BCUT2D eigenvalue weighted by atomic mass is 9.91. The molecule has 0 amide bonds. The third-order valence-electron chi connectivity index (χ3n) is 10.2. The van der Waals surface area contributed by atoms with Gasteiger partial charge >= 0.3 is 24.9 Å². The maximum atomic E-state index is 13.7. The highest BCUT2D eigenvalue weighted by Crippen LogP contribution is 2.52. The third kappa shape index (κ3) is 8.25. The molecular weight excluding hydrogens is 763 g/mol. The third-order valence-corrected chi connectivity index (χ3v) is 12.3. The molecule has 0 aliphatic carbocycles. The summed E-state index contributed by atoms with van der Waals surface area (Å²) in [6.45, 7) is 1.58. The van der Waals surface area contributed by atoms with E-state index in [4.69, 9.17) is 32.7 Å². The monoisotopic (exact) mass is 808 g/mol. The normalized spacial score (nSPS) is 31.2. The zero-order chi connectivity index (χ0) is 40.3. The van der Waals surface area contributed by atoms with E-state index in [1.54, 1.807) is 30.3 Å². The number of aliphatic hydroxyl groups excluding tert-OH is 3. The van der Waals surface area contributed by atoms with Crippen molar-refractivity contribution < 1.29 is 57.4 Å². The fourth-order valence-electron chi connectivity index (χ4n) is 7.51. The van der Waals surface area contributed by atoms with Gasteiger partial charge in [-0.25, -0.2) is 14.2 Å². The van der Waals surface area contributed by atoms with Crippen molar-refractivity contribution in [2.75, 3.05) is 39.7 Å². The SMILES string of the molecule is COC(=O)[C@H](C)CP(=O)(OCC1OC(n2ccc(=O)[nH]c2=O)[C@]2(CCCO2)[C@@H]1O)Oc1ccccc1.O=c1ccn(C2OC(CO)[C@@H](O)[C@@]23CCCO3)c(=O)[nH]1. The molecule has 4 saturated heterocycles. The van der Waals surface area contributed by atoms with E-state index in [-0.39, 0.29) is 25.1 Å². The van der Waals surface area contributed by atoms with Crippen LogP contribution in [-0.4, -0.2) is 116 Å². The van der Waals surface area contributed by atoms with Gasteiger partial charge in [0.2, 0.25) is 0 Å². The highest BCUT2D eigenvalue weighted by molar-refractivity contribution is 7.54. The lowest BCUT2D eigenvalue weighted by Gasteiger charge is -2.32. The van der Waals surface area contributed by atoms with Gasteiger partial charge in [0, 0.05) is 37.7 Å². The minimum absolute atomic E-state index is 0.276. The molecular formula is C35H45N4O16P. The summed E-state index contributed by atoms with van der Waals surface area (Å²) in [5, 5.41) is 30.8. The summed E-state index contributed by atoms with van der Waals surface area (Å²) in [5.74, 6) is -1.10. The second-order valence-electron chi connectivity index (χ2n) is 13.9. The molecule has 20 nitrogen and oxygen atoms in total. The van der Waals surface area contributed by atoms with Crippen molar-refractivity contribution >= 4 is 13.6 Å². The van der Waals surface area contributed by atoms with Crippen LogP contribution < -0.4 is 27.0 Å². The Morgan fingerprint density at radius 3 is 1.86 bits per heavy atom. The van der Waals surface area contributed by atoms with Crippen molar-refractivity contribution in [3.63, 3.8) is 0 Å². The van der Waals surface area contributed by atoms with Crippen LogP contribution in [0.15, 0.2) is 74.0 Å². The van der Waals surface area contributed by atoms with Crippen molar-refractivity contribution in [2.24, 2.45) is 5.92 Å². The number of hydrogen-bond donors (Lipinski definition) is 5. The summed E-state index contributed by atoms with van der Waals surface area (Å²) < 4.78 is 55.3. The average molecular weight is 809 g/mol. The average Bonchev–Trinajstić information content (AvgIpc) is 3.97. The summed E-state index contributed by atoms with van der Waals surface area (Å²) >= 11 is 0. The van der Waals surface area contributed by atoms with Gasteiger partial charge in [0.1, 0.15) is 41.4 Å². The Labute approximate surface area is 318 Å².